The van der Waals surface area contributed by atoms with Crippen molar-refractivity contribution in [3.63, 3.8) is 0 Å². The van der Waals surface area contributed by atoms with Gasteiger partial charge in [-0.1, -0.05) is 61.4 Å². The second kappa shape index (κ2) is 10.5. The van der Waals surface area contributed by atoms with Gasteiger partial charge in [-0.05, 0) is 47.9 Å². The van der Waals surface area contributed by atoms with Gasteiger partial charge in [-0.3, -0.25) is 4.79 Å². The van der Waals surface area contributed by atoms with Crippen molar-refractivity contribution >= 4 is 18.0 Å². The van der Waals surface area contributed by atoms with E-state index in [4.69, 9.17) is 9.84 Å². The minimum Gasteiger partial charge on any atom is -0.479 e. The highest BCUT2D eigenvalue weighted by Gasteiger charge is 2.33. The Morgan fingerprint density at radius 3 is 2.23 bits per heavy atom. The van der Waals surface area contributed by atoms with E-state index in [2.05, 4.69) is 34.9 Å². The number of carboxylic acid groups (broad SMARTS) is 1. The van der Waals surface area contributed by atoms with E-state index in [1.807, 2.05) is 24.3 Å². The number of aliphatic carboxylic acids is 1. The third kappa shape index (κ3) is 5.65. The molecule has 0 bridgehead atoms. The number of rotatable bonds is 8. The monoisotopic (exact) mass is 480 g/mol. The van der Waals surface area contributed by atoms with Gasteiger partial charge in [0, 0.05) is 18.4 Å². The van der Waals surface area contributed by atoms with E-state index in [0.717, 1.165) is 54.9 Å². The van der Waals surface area contributed by atoms with E-state index >= 15 is 0 Å². The molecule has 0 aromatic heterocycles. The van der Waals surface area contributed by atoms with Crippen LogP contribution in [0.1, 0.15) is 56.1 Å². The molecule has 186 valence electrons. The number of fused-ring (bicyclic) bond motifs is 3. The number of nitrogens with one attached hydrogen (secondary N) is 2. The molecule has 3 atom stereocenters. The Morgan fingerprint density at radius 2 is 1.60 bits per heavy atom. The van der Waals surface area contributed by atoms with Crippen LogP contribution < -0.4 is 10.6 Å². The van der Waals surface area contributed by atoms with E-state index in [1.165, 1.54) is 0 Å². The van der Waals surface area contributed by atoms with E-state index < -0.39 is 17.7 Å². The first-order chi connectivity index (χ1) is 16.8. The third-order valence-corrected chi connectivity index (χ3v) is 7.09. The predicted molar refractivity (Wildman–Crippen MR) is 130 cm³/mol. The molecule has 0 aliphatic heterocycles. The van der Waals surface area contributed by atoms with Crippen LogP contribution in [0, 0.1) is 5.92 Å². The summed E-state index contributed by atoms with van der Waals surface area (Å²) in [5, 5.41) is 24.2. The molecular formula is C27H32N2O6. The Labute approximate surface area is 204 Å². The van der Waals surface area contributed by atoms with Gasteiger partial charge < -0.3 is 25.6 Å². The molecule has 2 aliphatic rings. The molecule has 35 heavy (non-hydrogen) atoms. The summed E-state index contributed by atoms with van der Waals surface area (Å²) in [6, 6.07) is 16.1. The van der Waals surface area contributed by atoms with Gasteiger partial charge in [0.2, 0.25) is 5.91 Å². The largest absolute Gasteiger partial charge is 0.479 e. The maximum atomic E-state index is 12.7. The average molecular weight is 481 g/mol. The van der Waals surface area contributed by atoms with Crippen molar-refractivity contribution in [2.24, 2.45) is 5.92 Å². The lowest BCUT2D eigenvalue weighted by molar-refractivity contribution is -0.156. The molecule has 4 rings (SSSR count). The van der Waals surface area contributed by atoms with Gasteiger partial charge in [-0.25, -0.2) is 9.59 Å². The predicted octanol–water partition coefficient (Wildman–Crippen LogP) is 3.43. The van der Waals surface area contributed by atoms with Crippen molar-refractivity contribution < 1.29 is 29.3 Å². The summed E-state index contributed by atoms with van der Waals surface area (Å²) >= 11 is 0. The van der Waals surface area contributed by atoms with Gasteiger partial charge in [0.15, 0.2) is 5.60 Å². The topological polar surface area (TPSA) is 125 Å². The summed E-state index contributed by atoms with van der Waals surface area (Å²) in [6.45, 7) is 0.984. The SMILES string of the molecule is CC(O)(CNC(=O)C[C@H]1CCCC[C@H]1NC(=O)OCC1c2ccccc2-c2ccccc21)C(=O)O. The van der Waals surface area contributed by atoms with Crippen molar-refractivity contribution in [2.45, 2.75) is 56.6 Å². The average Bonchev–Trinajstić information content (AvgIpc) is 3.16. The maximum absolute atomic E-state index is 12.7. The van der Waals surface area contributed by atoms with Crippen LogP contribution in [0.25, 0.3) is 11.1 Å². The Hall–Kier alpha value is -3.39. The number of alkyl carbamates (subject to hydrolysis) is 1. The molecule has 2 amide bonds. The molecular weight excluding hydrogens is 448 g/mol. The molecule has 2 aromatic rings. The summed E-state index contributed by atoms with van der Waals surface area (Å²) < 4.78 is 5.67. The summed E-state index contributed by atoms with van der Waals surface area (Å²) in [7, 11) is 0. The van der Waals surface area contributed by atoms with Gasteiger partial charge in [0.25, 0.3) is 0 Å². The molecule has 0 spiro atoms. The molecule has 2 aromatic carbocycles. The second-order valence-electron chi connectivity index (χ2n) is 9.68. The summed E-state index contributed by atoms with van der Waals surface area (Å²) in [5.74, 6) is -1.86. The van der Waals surface area contributed by atoms with Crippen LogP contribution in [0.4, 0.5) is 4.79 Å². The summed E-state index contributed by atoms with van der Waals surface area (Å²) in [4.78, 5) is 36.1. The van der Waals surface area contributed by atoms with Crippen LogP contribution in [0.5, 0.6) is 0 Å². The molecule has 4 N–H and O–H groups in total. The first kappa shape index (κ1) is 24.7. The Bertz CT molecular complexity index is 1050. The van der Waals surface area contributed by atoms with E-state index in [-0.39, 0.29) is 43.4 Å². The van der Waals surface area contributed by atoms with Gasteiger partial charge in [-0.15, -0.1) is 0 Å². The van der Waals surface area contributed by atoms with E-state index in [0.29, 0.717) is 0 Å². The molecule has 2 aliphatic carbocycles. The minimum atomic E-state index is -2.03. The summed E-state index contributed by atoms with van der Waals surface area (Å²) in [6.07, 6.45) is 3.06. The number of hydrogen-bond donors (Lipinski definition) is 4. The summed E-state index contributed by atoms with van der Waals surface area (Å²) in [5.41, 5.74) is 2.59. The number of amides is 2. The molecule has 0 radical (unpaired) electrons. The van der Waals surface area contributed by atoms with Gasteiger partial charge in [0.1, 0.15) is 6.61 Å². The molecule has 1 unspecified atom stereocenters. The lowest BCUT2D eigenvalue weighted by atomic mass is 9.82. The van der Waals surface area contributed by atoms with E-state index in [1.54, 1.807) is 0 Å². The number of ether oxygens (including phenoxy) is 1. The zero-order chi connectivity index (χ0) is 25.0. The van der Waals surface area contributed by atoms with E-state index in [9.17, 15) is 19.5 Å². The minimum absolute atomic E-state index is 0.0249. The number of carbonyl (C=O) groups is 3. The van der Waals surface area contributed by atoms with Crippen LogP contribution in [0.3, 0.4) is 0 Å². The van der Waals surface area contributed by atoms with Crippen LogP contribution in [0.15, 0.2) is 48.5 Å². The molecule has 8 nitrogen and oxygen atoms in total. The zero-order valence-electron chi connectivity index (χ0n) is 19.8. The number of benzene rings is 2. The zero-order valence-corrected chi connectivity index (χ0v) is 19.8. The Kier molecular flexibility index (Phi) is 7.40. The molecule has 0 heterocycles. The maximum Gasteiger partial charge on any atom is 0.407 e. The van der Waals surface area contributed by atoms with Crippen LogP contribution in [-0.4, -0.2) is 53.0 Å². The smallest absolute Gasteiger partial charge is 0.407 e. The number of aliphatic hydroxyl groups is 1. The number of hydrogen-bond acceptors (Lipinski definition) is 5. The standard InChI is InChI=1S/C27H32N2O6/c1-27(34,25(31)32)16-28-24(30)14-17-8-2-7-13-23(17)29-26(33)35-15-22-20-11-5-3-9-18(20)19-10-4-6-12-21(19)22/h3-6,9-12,17,22-23,34H,2,7-8,13-16H2,1H3,(H,28,30)(H,29,33)(H,31,32)/t17-,23-,27?/m1/s1. The lowest BCUT2D eigenvalue weighted by Crippen LogP contribution is -2.48. The fourth-order valence-corrected chi connectivity index (χ4v) is 5.09. The fraction of sp³-hybridized carbons (Fsp3) is 0.444. The lowest BCUT2D eigenvalue weighted by Gasteiger charge is -2.32. The Morgan fingerprint density at radius 1 is 1.00 bits per heavy atom. The van der Waals surface area contributed by atoms with Gasteiger partial charge in [0.05, 0.1) is 6.54 Å². The molecule has 1 fully saturated rings. The first-order valence-corrected chi connectivity index (χ1v) is 12.1. The van der Waals surface area contributed by atoms with Gasteiger partial charge >= 0.3 is 12.1 Å². The van der Waals surface area contributed by atoms with Crippen molar-refractivity contribution in [3.8, 4) is 11.1 Å². The van der Waals surface area contributed by atoms with Crippen LogP contribution >= 0.6 is 0 Å². The van der Waals surface area contributed by atoms with Crippen LogP contribution in [0.2, 0.25) is 0 Å². The quantitative estimate of drug-likeness (QED) is 0.459. The molecule has 0 saturated heterocycles. The van der Waals surface area contributed by atoms with Crippen molar-refractivity contribution in [2.75, 3.05) is 13.2 Å². The third-order valence-electron chi connectivity index (χ3n) is 7.09. The fourth-order valence-electron chi connectivity index (χ4n) is 5.09. The molecule has 8 heteroatoms. The van der Waals surface area contributed by atoms with Gasteiger partial charge in [-0.2, -0.15) is 0 Å². The van der Waals surface area contributed by atoms with Crippen LogP contribution in [-0.2, 0) is 14.3 Å². The van der Waals surface area contributed by atoms with Crippen molar-refractivity contribution in [1.82, 2.24) is 10.6 Å². The highest BCUT2D eigenvalue weighted by Crippen LogP contribution is 2.44. The number of carbonyl (C=O) groups excluding carboxylic acids is 2. The van der Waals surface area contributed by atoms with Crippen molar-refractivity contribution in [3.05, 3.63) is 59.7 Å². The molecule has 1 saturated carbocycles. The normalized spacial score (nSPS) is 20.7. The number of carboxylic acids is 1. The second-order valence-corrected chi connectivity index (χ2v) is 9.68. The highest BCUT2D eigenvalue weighted by atomic mass is 16.5. The Balaban J connectivity index is 1.32. The first-order valence-electron chi connectivity index (χ1n) is 12.1. The highest BCUT2D eigenvalue weighted by molar-refractivity contribution is 5.81. The van der Waals surface area contributed by atoms with Crippen molar-refractivity contribution in [1.29, 1.82) is 0 Å².